The van der Waals surface area contributed by atoms with Crippen molar-refractivity contribution in [1.29, 1.82) is 0 Å². The van der Waals surface area contributed by atoms with E-state index in [1.807, 2.05) is 36.7 Å². The minimum Gasteiger partial charge on any atom is -1.00 e. The molecule has 0 aliphatic carbocycles. The van der Waals surface area contributed by atoms with Gasteiger partial charge in [-0.3, -0.25) is 14.9 Å². The van der Waals surface area contributed by atoms with Crippen molar-refractivity contribution >= 4 is 18.6 Å². The fraction of sp³-hybridized carbons (Fsp3) is 0.167. The van der Waals surface area contributed by atoms with Crippen LogP contribution in [-0.2, 0) is 30.2 Å². The van der Waals surface area contributed by atoms with Gasteiger partial charge in [0.25, 0.3) is 0 Å². The Hall–Kier alpha value is -2.22. The van der Waals surface area contributed by atoms with E-state index in [0.29, 0.717) is 0 Å². The van der Waals surface area contributed by atoms with Gasteiger partial charge in [-0.15, -0.1) is 0 Å². The van der Waals surface area contributed by atoms with Crippen molar-refractivity contribution in [3.63, 3.8) is 0 Å². The van der Waals surface area contributed by atoms with Crippen LogP contribution in [0, 0.1) is 0 Å². The van der Waals surface area contributed by atoms with Crippen LogP contribution in [0.4, 0.5) is 25.2 Å². The maximum Gasteiger partial charge on any atom is 2.00 e. The van der Waals surface area contributed by atoms with Crippen LogP contribution in [0.3, 0.4) is 0 Å². The monoisotopic (exact) mass is 596 g/mol. The summed E-state index contributed by atoms with van der Waals surface area (Å²) in [7, 11) is -10.7. The number of benzene rings is 2. The van der Waals surface area contributed by atoms with E-state index >= 15 is 0 Å². The van der Waals surface area contributed by atoms with Crippen molar-refractivity contribution in [2.45, 2.75) is 26.1 Å². The van der Waals surface area contributed by atoms with Crippen LogP contribution < -0.4 is 12.4 Å². The molecule has 12 heteroatoms. The minimum atomic E-state index is -10.7. The molecule has 0 fully saturated rings. The smallest absolute Gasteiger partial charge is 1.00 e. The number of aromatic nitrogens is 2. The first kappa shape index (κ1) is 31.8. The molecule has 0 saturated carbocycles. The van der Waals surface area contributed by atoms with Crippen LogP contribution in [0.15, 0.2) is 91.3 Å². The SMILES string of the molecule is C[C@H](c1cccc2ccccc12)N(Cc1ccccn1)Cc1ccccn1.F[P-](F)(F)(F)(F)F.[Cl-].[Cu+2]. The van der Waals surface area contributed by atoms with Crippen molar-refractivity contribution in [1.82, 2.24) is 14.9 Å². The van der Waals surface area contributed by atoms with Gasteiger partial charge in [0, 0.05) is 31.5 Å². The Bertz CT molecular complexity index is 1180. The van der Waals surface area contributed by atoms with E-state index in [1.165, 1.54) is 16.3 Å². The fourth-order valence-electron chi connectivity index (χ4n) is 3.54. The van der Waals surface area contributed by atoms with Gasteiger partial charge in [-0.2, -0.15) is 0 Å². The van der Waals surface area contributed by atoms with E-state index in [2.05, 4.69) is 76.4 Å². The Morgan fingerprint density at radius 3 is 1.61 bits per heavy atom. The molecule has 0 unspecified atom stereocenters. The molecule has 2 aromatic heterocycles. The van der Waals surface area contributed by atoms with Crippen LogP contribution in [0.5, 0.6) is 0 Å². The van der Waals surface area contributed by atoms with Gasteiger partial charge in [0.15, 0.2) is 0 Å². The Balaban J connectivity index is 0.000000637. The third-order valence-electron chi connectivity index (χ3n) is 5.00. The predicted molar refractivity (Wildman–Crippen MR) is 124 cm³/mol. The third-order valence-corrected chi connectivity index (χ3v) is 5.00. The summed E-state index contributed by atoms with van der Waals surface area (Å²) in [6, 6.07) is 27.6. The first-order valence-corrected chi connectivity index (χ1v) is 12.4. The first-order valence-electron chi connectivity index (χ1n) is 10.3. The van der Waals surface area contributed by atoms with Crippen LogP contribution in [0.1, 0.15) is 29.9 Å². The molecule has 2 aromatic carbocycles. The van der Waals surface area contributed by atoms with Crippen molar-refractivity contribution in [2.75, 3.05) is 0 Å². The van der Waals surface area contributed by atoms with Crippen LogP contribution in [-0.4, -0.2) is 14.9 Å². The Kier molecular flexibility index (Phi) is 10.5. The molecule has 0 bridgehead atoms. The van der Waals surface area contributed by atoms with E-state index in [4.69, 9.17) is 0 Å². The quantitative estimate of drug-likeness (QED) is 0.161. The van der Waals surface area contributed by atoms with Crippen molar-refractivity contribution < 1.29 is 54.7 Å². The standard InChI is InChI=1S/C24H23N3.ClH.Cu.F6P/c1-19(23-14-8-10-20-9-2-3-13-24(20)23)27(17-21-11-4-6-15-25-21)18-22-12-5-7-16-26-22;;;1-7(2,3,4,5)6/h2-16,19H,17-18H2,1H3;1H;;/q;;+2;-1/p-1/t19-;;;/m1.../s1. The molecule has 36 heavy (non-hydrogen) atoms. The molecule has 0 saturated heterocycles. The zero-order valence-electron chi connectivity index (χ0n) is 18.9. The number of hydrogen-bond donors (Lipinski definition) is 0. The van der Waals surface area contributed by atoms with Crippen LogP contribution in [0.2, 0.25) is 0 Å². The van der Waals surface area contributed by atoms with E-state index in [-0.39, 0.29) is 35.5 Å². The summed E-state index contributed by atoms with van der Waals surface area (Å²) < 4.78 is 59.2. The maximum atomic E-state index is 9.87. The second-order valence-corrected chi connectivity index (χ2v) is 9.67. The second-order valence-electron chi connectivity index (χ2n) is 7.75. The Labute approximate surface area is 222 Å². The molecule has 4 aromatic rings. The van der Waals surface area contributed by atoms with Gasteiger partial charge in [0.1, 0.15) is 0 Å². The molecule has 3 nitrogen and oxygen atoms in total. The van der Waals surface area contributed by atoms with E-state index in [1.54, 1.807) is 0 Å². The molecule has 0 amide bonds. The summed E-state index contributed by atoms with van der Waals surface area (Å²) in [6.45, 7) is 3.83. The fourth-order valence-corrected chi connectivity index (χ4v) is 3.54. The molecule has 1 radical (unpaired) electrons. The van der Waals surface area contributed by atoms with Crippen LogP contribution >= 0.6 is 7.81 Å². The average molecular weight is 597 g/mol. The molecule has 0 spiro atoms. The summed E-state index contributed by atoms with van der Waals surface area (Å²) in [4.78, 5) is 11.5. The summed E-state index contributed by atoms with van der Waals surface area (Å²) in [5, 5.41) is 2.58. The van der Waals surface area contributed by atoms with Gasteiger partial charge < -0.3 is 12.4 Å². The van der Waals surface area contributed by atoms with E-state index < -0.39 is 7.81 Å². The molecule has 4 rings (SSSR count). The molecule has 0 aliphatic heterocycles. The number of halogens is 7. The van der Waals surface area contributed by atoms with Gasteiger partial charge in [0.2, 0.25) is 0 Å². The predicted octanol–water partition coefficient (Wildman–Crippen LogP) is 5.78. The van der Waals surface area contributed by atoms with Crippen LogP contribution in [0.25, 0.3) is 10.8 Å². The normalized spacial score (nSPS) is 13.8. The molecular weight excluding hydrogens is 574 g/mol. The van der Waals surface area contributed by atoms with Gasteiger partial charge in [-0.1, -0.05) is 54.6 Å². The summed E-state index contributed by atoms with van der Waals surface area (Å²) >= 11 is 0. The molecule has 1 atom stereocenters. The zero-order valence-corrected chi connectivity index (χ0v) is 21.5. The second kappa shape index (κ2) is 11.9. The molecule has 0 aliphatic rings. The van der Waals surface area contributed by atoms with Crippen molar-refractivity contribution in [3.05, 3.63) is 108 Å². The zero-order chi connectivity index (χ0) is 24.9. The number of rotatable bonds is 6. The number of fused-ring (bicyclic) bond motifs is 1. The topological polar surface area (TPSA) is 29.0 Å². The van der Waals surface area contributed by atoms with Gasteiger partial charge in [-0.05, 0) is 47.5 Å². The third kappa shape index (κ3) is 11.7. The van der Waals surface area contributed by atoms with E-state index in [9.17, 15) is 25.2 Å². The summed E-state index contributed by atoms with van der Waals surface area (Å²) in [5.41, 5.74) is 3.47. The molecule has 2 heterocycles. The number of hydrogen-bond acceptors (Lipinski definition) is 3. The van der Waals surface area contributed by atoms with Gasteiger partial charge >= 0.3 is 50.1 Å². The Morgan fingerprint density at radius 2 is 1.14 bits per heavy atom. The first-order chi connectivity index (χ1) is 15.8. The number of nitrogens with zero attached hydrogens (tertiary/aromatic N) is 3. The summed E-state index contributed by atoms with van der Waals surface area (Å²) in [6.07, 6.45) is 3.72. The van der Waals surface area contributed by atoms with Crippen molar-refractivity contribution in [3.8, 4) is 0 Å². The van der Waals surface area contributed by atoms with Crippen molar-refractivity contribution in [2.24, 2.45) is 0 Å². The van der Waals surface area contributed by atoms with E-state index in [0.717, 1.165) is 24.5 Å². The minimum absolute atomic E-state index is 0. The molecule has 199 valence electrons. The largest absolute Gasteiger partial charge is 2.00 e. The molecular formula is C24H23ClCuF6N3P. The van der Waals surface area contributed by atoms with Gasteiger partial charge in [-0.25, -0.2) is 0 Å². The maximum absolute atomic E-state index is 10.7. The Morgan fingerprint density at radius 1 is 0.694 bits per heavy atom. The van der Waals surface area contributed by atoms with Gasteiger partial charge in [0.05, 0.1) is 11.4 Å². The number of pyridine rings is 2. The average Bonchev–Trinajstić information content (AvgIpc) is 2.77. The summed E-state index contributed by atoms with van der Waals surface area (Å²) in [5.74, 6) is 0. The molecule has 0 N–H and O–H groups in total.